The molecule has 0 aromatic heterocycles. The van der Waals surface area contributed by atoms with Crippen LogP contribution < -0.4 is 16.0 Å². The fourth-order valence-corrected chi connectivity index (χ4v) is 6.72. The lowest BCUT2D eigenvalue weighted by molar-refractivity contribution is -0.143. The van der Waals surface area contributed by atoms with Crippen molar-refractivity contribution in [3.8, 4) is 0 Å². The van der Waals surface area contributed by atoms with E-state index < -0.39 is 0 Å². The van der Waals surface area contributed by atoms with Crippen LogP contribution in [0.25, 0.3) is 0 Å². The molecule has 3 aliphatic heterocycles. The highest BCUT2D eigenvalue weighted by Gasteiger charge is 2.39. The summed E-state index contributed by atoms with van der Waals surface area (Å²) in [7, 11) is 1.71. The van der Waals surface area contributed by atoms with Gasteiger partial charge in [-0.15, -0.1) is 11.6 Å². The van der Waals surface area contributed by atoms with E-state index in [4.69, 9.17) is 16.3 Å². The number of carbonyl (C=O) groups is 2. The number of amides is 2. The van der Waals surface area contributed by atoms with Gasteiger partial charge in [-0.2, -0.15) is 0 Å². The van der Waals surface area contributed by atoms with E-state index in [-0.39, 0.29) is 35.3 Å². The summed E-state index contributed by atoms with van der Waals surface area (Å²) in [6, 6.07) is 0.493. The predicted molar refractivity (Wildman–Crippen MR) is 130 cm³/mol. The molecule has 3 N–H and O–H groups in total. The van der Waals surface area contributed by atoms with E-state index in [1.165, 1.54) is 6.42 Å². The highest BCUT2D eigenvalue weighted by Crippen LogP contribution is 2.33. The fraction of sp³-hybridized carbons (Fsp3) is 0.920. The maximum Gasteiger partial charge on any atom is 0.237 e. The van der Waals surface area contributed by atoms with Crippen molar-refractivity contribution in [2.45, 2.75) is 87.8 Å². The van der Waals surface area contributed by atoms with Gasteiger partial charge in [-0.05, 0) is 76.3 Å². The second-order valence-electron chi connectivity index (χ2n) is 10.7. The van der Waals surface area contributed by atoms with Gasteiger partial charge in [-0.25, -0.2) is 0 Å². The molecule has 0 radical (unpaired) electrons. The summed E-state index contributed by atoms with van der Waals surface area (Å²) in [4.78, 5) is 27.6. The van der Waals surface area contributed by atoms with Gasteiger partial charge in [0.25, 0.3) is 0 Å². The molecule has 0 spiro atoms. The predicted octanol–water partition coefficient (Wildman–Crippen LogP) is 2.27. The number of methoxy groups -OCH3 is 1. The maximum absolute atomic E-state index is 13.1. The van der Waals surface area contributed by atoms with E-state index in [0.29, 0.717) is 17.9 Å². The van der Waals surface area contributed by atoms with Crippen molar-refractivity contribution in [3.05, 3.63) is 0 Å². The smallest absolute Gasteiger partial charge is 0.237 e. The van der Waals surface area contributed by atoms with Gasteiger partial charge >= 0.3 is 0 Å². The Morgan fingerprint density at radius 2 is 1.91 bits per heavy atom. The van der Waals surface area contributed by atoms with Gasteiger partial charge in [0.15, 0.2) is 0 Å². The van der Waals surface area contributed by atoms with Crippen LogP contribution in [0.5, 0.6) is 0 Å². The summed E-state index contributed by atoms with van der Waals surface area (Å²) >= 11 is 6.35. The van der Waals surface area contributed by atoms with Crippen molar-refractivity contribution in [1.29, 1.82) is 0 Å². The SMILES string of the molecule is COC1CCC(Cl)CC1C(=O)N1CCC(CCCCNC(=O)C2CC3CNCCC3N2)CC1. The Labute approximate surface area is 204 Å². The average Bonchev–Trinajstić information content (AvgIpc) is 3.28. The number of piperidine rings is 2. The first-order valence-corrected chi connectivity index (χ1v) is 13.7. The Morgan fingerprint density at radius 1 is 1.09 bits per heavy atom. The molecule has 7 nitrogen and oxygen atoms in total. The number of unbranched alkanes of at least 4 members (excludes halogenated alkanes) is 1. The van der Waals surface area contributed by atoms with Gasteiger partial charge in [0.05, 0.1) is 18.1 Å². The van der Waals surface area contributed by atoms with E-state index in [0.717, 1.165) is 90.5 Å². The Balaban J connectivity index is 1.08. The molecule has 4 rings (SSSR count). The van der Waals surface area contributed by atoms with Crippen LogP contribution in [0.3, 0.4) is 0 Å². The molecule has 0 aromatic rings. The first-order chi connectivity index (χ1) is 16.0. The number of carbonyl (C=O) groups excluding carboxylic acids is 2. The number of ether oxygens (including phenoxy) is 1. The van der Waals surface area contributed by atoms with E-state index in [1.807, 2.05) is 4.90 Å². The average molecular weight is 483 g/mol. The zero-order valence-electron chi connectivity index (χ0n) is 20.2. The lowest BCUT2D eigenvalue weighted by Gasteiger charge is -2.38. The zero-order chi connectivity index (χ0) is 23.2. The standard InChI is InChI=1S/C25H43ClN4O3/c1-33-23-6-5-19(26)15-20(23)25(32)30-12-8-17(9-13-30)4-2-3-10-28-24(31)22-14-18-16-27-11-7-21(18)29-22/h17-23,27,29H,2-16H2,1H3,(H,28,31). The molecule has 8 heteroatoms. The van der Waals surface area contributed by atoms with Crippen molar-refractivity contribution in [3.63, 3.8) is 0 Å². The normalized spacial score (nSPS) is 35.3. The molecule has 6 unspecified atom stereocenters. The molecule has 33 heavy (non-hydrogen) atoms. The number of likely N-dealkylation sites (tertiary alicyclic amines) is 1. The summed E-state index contributed by atoms with van der Waals surface area (Å²) in [5, 5.41) is 10.2. The van der Waals surface area contributed by atoms with E-state index in [9.17, 15) is 9.59 Å². The number of halogens is 1. The maximum atomic E-state index is 13.1. The summed E-state index contributed by atoms with van der Waals surface area (Å²) in [5.74, 6) is 1.61. The molecule has 6 atom stereocenters. The molecular formula is C25H43ClN4O3. The van der Waals surface area contributed by atoms with Crippen molar-refractivity contribution in [2.75, 3.05) is 39.8 Å². The molecule has 1 saturated carbocycles. The van der Waals surface area contributed by atoms with Gasteiger partial charge in [-0.1, -0.05) is 12.8 Å². The Morgan fingerprint density at radius 3 is 2.67 bits per heavy atom. The topological polar surface area (TPSA) is 82.7 Å². The minimum atomic E-state index is -0.0824. The Hall–Kier alpha value is -0.890. The van der Waals surface area contributed by atoms with Crippen LogP contribution >= 0.6 is 11.6 Å². The highest BCUT2D eigenvalue weighted by atomic mass is 35.5. The van der Waals surface area contributed by atoms with E-state index in [2.05, 4.69) is 16.0 Å². The highest BCUT2D eigenvalue weighted by molar-refractivity contribution is 6.20. The number of nitrogens with zero attached hydrogens (tertiary/aromatic N) is 1. The molecule has 4 aliphatic rings. The van der Waals surface area contributed by atoms with Crippen LogP contribution in [-0.2, 0) is 14.3 Å². The van der Waals surface area contributed by atoms with Crippen molar-refractivity contribution in [2.24, 2.45) is 17.8 Å². The Kier molecular flexibility index (Phi) is 9.31. The van der Waals surface area contributed by atoms with Crippen LogP contribution in [0.4, 0.5) is 0 Å². The van der Waals surface area contributed by atoms with Gasteiger partial charge < -0.3 is 25.6 Å². The van der Waals surface area contributed by atoms with Gasteiger partial charge in [0.1, 0.15) is 0 Å². The summed E-state index contributed by atoms with van der Waals surface area (Å²) in [6.07, 6.45) is 10.1. The minimum Gasteiger partial charge on any atom is -0.381 e. The van der Waals surface area contributed by atoms with E-state index >= 15 is 0 Å². The monoisotopic (exact) mass is 482 g/mol. The van der Waals surface area contributed by atoms with Crippen molar-refractivity contribution >= 4 is 23.4 Å². The van der Waals surface area contributed by atoms with E-state index in [1.54, 1.807) is 7.11 Å². The molecule has 4 fully saturated rings. The number of alkyl halides is 1. The van der Waals surface area contributed by atoms with Crippen LogP contribution in [0.2, 0.25) is 0 Å². The number of hydrogen-bond donors (Lipinski definition) is 3. The van der Waals surface area contributed by atoms with Crippen LogP contribution in [0.15, 0.2) is 0 Å². The third-order valence-corrected chi connectivity index (χ3v) is 8.88. The minimum absolute atomic E-state index is 0.0144. The quantitative estimate of drug-likeness (QED) is 0.365. The molecule has 188 valence electrons. The summed E-state index contributed by atoms with van der Waals surface area (Å²) in [5.41, 5.74) is 0. The lowest BCUT2D eigenvalue weighted by Crippen LogP contribution is -2.47. The first kappa shape index (κ1) is 25.2. The fourth-order valence-electron chi connectivity index (χ4n) is 6.40. The third-order valence-electron chi connectivity index (χ3n) is 8.49. The van der Waals surface area contributed by atoms with Crippen LogP contribution in [-0.4, -0.2) is 80.1 Å². The van der Waals surface area contributed by atoms with Gasteiger partial charge in [0.2, 0.25) is 11.8 Å². The van der Waals surface area contributed by atoms with Crippen molar-refractivity contribution < 1.29 is 14.3 Å². The second kappa shape index (κ2) is 12.2. The third kappa shape index (κ3) is 6.62. The molecule has 3 saturated heterocycles. The van der Waals surface area contributed by atoms with Crippen LogP contribution in [0, 0.1) is 17.8 Å². The van der Waals surface area contributed by atoms with Gasteiger partial charge in [0, 0.05) is 38.2 Å². The van der Waals surface area contributed by atoms with Crippen molar-refractivity contribution in [1.82, 2.24) is 20.9 Å². The second-order valence-corrected chi connectivity index (χ2v) is 11.3. The first-order valence-electron chi connectivity index (χ1n) is 13.2. The molecule has 0 aromatic carbocycles. The summed E-state index contributed by atoms with van der Waals surface area (Å²) < 4.78 is 5.59. The molecule has 3 heterocycles. The number of hydrogen-bond acceptors (Lipinski definition) is 5. The Bertz CT molecular complexity index is 644. The zero-order valence-corrected chi connectivity index (χ0v) is 21.0. The number of fused-ring (bicyclic) bond motifs is 1. The number of nitrogens with one attached hydrogen (secondary N) is 3. The molecule has 0 bridgehead atoms. The molecule has 1 aliphatic carbocycles. The summed E-state index contributed by atoms with van der Waals surface area (Å²) in [6.45, 7) is 4.56. The molecular weight excluding hydrogens is 440 g/mol. The van der Waals surface area contributed by atoms with Crippen LogP contribution in [0.1, 0.15) is 64.2 Å². The molecule has 2 amide bonds. The number of rotatable bonds is 8. The lowest BCUT2D eigenvalue weighted by atomic mass is 9.84. The largest absolute Gasteiger partial charge is 0.381 e. The van der Waals surface area contributed by atoms with Gasteiger partial charge in [-0.3, -0.25) is 9.59 Å².